The molecule has 2 saturated carbocycles. The highest BCUT2D eigenvalue weighted by molar-refractivity contribution is 5.78. The summed E-state index contributed by atoms with van der Waals surface area (Å²) in [4.78, 5) is 21.9. The third-order valence-corrected chi connectivity index (χ3v) is 7.16. The van der Waals surface area contributed by atoms with Crippen LogP contribution in [0.3, 0.4) is 0 Å². The molecule has 0 aromatic rings. The highest BCUT2D eigenvalue weighted by Crippen LogP contribution is 2.66. The van der Waals surface area contributed by atoms with E-state index in [0.29, 0.717) is 16.9 Å². The second-order valence-corrected chi connectivity index (χ2v) is 8.85. The molecule has 0 radical (unpaired) electrons. The van der Waals surface area contributed by atoms with E-state index in [1.807, 2.05) is 6.08 Å². The summed E-state index contributed by atoms with van der Waals surface area (Å²) in [5, 5.41) is 0. The van der Waals surface area contributed by atoms with Crippen molar-refractivity contribution in [3.05, 3.63) is 11.6 Å². The first-order valence-corrected chi connectivity index (χ1v) is 9.10. The van der Waals surface area contributed by atoms with Crippen molar-refractivity contribution in [3.8, 4) is 0 Å². The van der Waals surface area contributed by atoms with E-state index >= 15 is 0 Å². The average Bonchev–Trinajstić information content (AvgIpc) is 3.24. The monoisotopic (exact) mass is 318 g/mol. The fourth-order valence-corrected chi connectivity index (χ4v) is 5.93. The molecule has 3 nitrogen and oxygen atoms in total. The molecular weight excluding hydrogens is 288 g/mol. The SMILES string of the molecule is CC1(C)CCC[C@]2(C)[C@H]1CC[C@@]1(CO1)[C@@H]2C/C=C(\C=O)CC=O. The largest absolute Gasteiger partial charge is 0.369 e. The zero-order chi connectivity index (χ0) is 16.7. The first-order valence-electron chi connectivity index (χ1n) is 9.10. The standard InChI is InChI=1S/C20H30O3/c1-18(2)9-4-10-19(3)16(18)7-11-20(14-23-20)17(19)6-5-15(13-22)8-12-21/h5,12-13,16-17H,4,6-11,14H2,1-3H3/b15-5-/t16-,17+,19+,20+/m0/s1. The molecule has 0 aromatic heterocycles. The molecule has 0 bridgehead atoms. The molecular formula is C20H30O3. The Kier molecular flexibility index (Phi) is 4.29. The van der Waals surface area contributed by atoms with Crippen LogP contribution in [0.15, 0.2) is 11.6 Å². The van der Waals surface area contributed by atoms with Crippen LogP contribution in [0, 0.1) is 22.7 Å². The minimum absolute atomic E-state index is 0.0460. The zero-order valence-corrected chi connectivity index (χ0v) is 14.8. The highest BCUT2D eigenvalue weighted by Gasteiger charge is 2.64. The molecule has 128 valence electrons. The molecule has 23 heavy (non-hydrogen) atoms. The van der Waals surface area contributed by atoms with Crippen LogP contribution in [0.1, 0.15) is 65.7 Å². The van der Waals surface area contributed by atoms with Crippen LogP contribution in [0.5, 0.6) is 0 Å². The van der Waals surface area contributed by atoms with Gasteiger partial charge in [0.25, 0.3) is 0 Å². The summed E-state index contributed by atoms with van der Waals surface area (Å²) >= 11 is 0. The second kappa shape index (κ2) is 5.84. The molecule has 3 heteroatoms. The van der Waals surface area contributed by atoms with Crippen molar-refractivity contribution in [3.63, 3.8) is 0 Å². The Hall–Kier alpha value is -0.960. The van der Waals surface area contributed by atoms with Crippen molar-refractivity contribution in [1.82, 2.24) is 0 Å². The van der Waals surface area contributed by atoms with E-state index in [2.05, 4.69) is 20.8 Å². The van der Waals surface area contributed by atoms with Gasteiger partial charge in [-0.25, -0.2) is 0 Å². The molecule has 3 rings (SSSR count). The molecule has 3 fully saturated rings. The van der Waals surface area contributed by atoms with E-state index in [1.54, 1.807) is 0 Å². The van der Waals surface area contributed by atoms with Crippen LogP contribution in [0.2, 0.25) is 0 Å². The van der Waals surface area contributed by atoms with Gasteiger partial charge in [0.1, 0.15) is 12.6 Å². The molecule has 0 amide bonds. The van der Waals surface area contributed by atoms with Crippen molar-refractivity contribution >= 4 is 12.6 Å². The fraction of sp³-hybridized carbons (Fsp3) is 0.800. The van der Waals surface area contributed by atoms with E-state index in [1.165, 1.54) is 25.7 Å². The maximum atomic E-state index is 11.2. The lowest BCUT2D eigenvalue weighted by Gasteiger charge is -2.59. The molecule has 0 N–H and O–H groups in total. The lowest BCUT2D eigenvalue weighted by atomic mass is 9.46. The van der Waals surface area contributed by atoms with Gasteiger partial charge in [0.2, 0.25) is 0 Å². The van der Waals surface area contributed by atoms with Gasteiger partial charge in [-0.05, 0) is 60.3 Å². The van der Waals surface area contributed by atoms with Crippen LogP contribution in [0.25, 0.3) is 0 Å². The first kappa shape index (κ1) is 16.9. The molecule has 1 heterocycles. The number of aldehydes is 2. The fourth-order valence-electron chi connectivity index (χ4n) is 5.93. The van der Waals surface area contributed by atoms with E-state index in [-0.39, 0.29) is 17.4 Å². The van der Waals surface area contributed by atoms with Crippen LogP contribution in [-0.4, -0.2) is 24.8 Å². The summed E-state index contributed by atoms with van der Waals surface area (Å²) < 4.78 is 5.97. The summed E-state index contributed by atoms with van der Waals surface area (Å²) in [6, 6.07) is 0. The number of hydrogen-bond donors (Lipinski definition) is 0. The normalized spacial score (nSPS) is 42.1. The number of carbonyl (C=O) groups excluding carboxylic acids is 2. The zero-order valence-electron chi connectivity index (χ0n) is 14.8. The van der Waals surface area contributed by atoms with E-state index < -0.39 is 0 Å². The summed E-state index contributed by atoms with van der Waals surface area (Å²) in [5.74, 6) is 1.19. The molecule has 4 atom stereocenters. The molecule has 3 aliphatic rings. The first-order chi connectivity index (χ1) is 10.9. The Morgan fingerprint density at radius 2 is 1.91 bits per heavy atom. The van der Waals surface area contributed by atoms with Gasteiger partial charge in [-0.1, -0.05) is 33.3 Å². The number of rotatable bonds is 5. The molecule has 0 aromatic carbocycles. The van der Waals surface area contributed by atoms with Gasteiger partial charge >= 0.3 is 0 Å². The topological polar surface area (TPSA) is 46.7 Å². The van der Waals surface area contributed by atoms with Crippen LogP contribution in [-0.2, 0) is 14.3 Å². The summed E-state index contributed by atoms with van der Waals surface area (Å²) in [5.41, 5.74) is 1.34. The number of epoxide rings is 1. The molecule has 1 aliphatic heterocycles. The smallest absolute Gasteiger partial charge is 0.146 e. The van der Waals surface area contributed by atoms with Crippen LogP contribution < -0.4 is 0 Å². The summed E-state index contributed by atoms with van der Waals surface area (Å²) in [7, 11) is 0. The number of allylic oxidation sites excluding steroid dienone is 2. The van der Waals surface area contributed by atoms with Crippen molar-refractivity contribution < 1.29 is 14.3 Å². The lowest BCUT2D eigenvalue weighted by molar-refractivity contribution is -0.109. The highest BCUT2D eigenvalue weighted by atomic mass is 16.6. The van der Waals surface area contributed by atoms with E-state index in [4.69, 9.17) is 4.74 Å². The van der Waals surface area contributed by atoms with Crippen LogP contribution >= 0.6 is 0 Å². The van der Waals surface area contributed by atoms with Crippen molar-refractivity contribution in [2.75, 3.05) is 6.61 Å². The Bertz CT molecular complexity index is 515. The molecule has 2 aliphatic carbocycles. The van der Waals surface area contributed by atoms with Gasteiger partial charge in [0.15, 0.2) is 0 Å². The van der Waals surface area contributed by atoms with Gasteiger partial charge in [0, 0.05) is 6.42 Å². The summed E-state index contributed by atoms with van der Waals surface area (Å²) in [6.07, 6.45) is 11.0. The van der Waals surface area contributed by atoms with Crippen molar-refractivity contribution in [2.45, 2.75) is 71.3 Å². The average molecular weight is 318 g/mol. The molecule has 1 spiro atoms. The minimum atomic E-state index is 0.0460. The second-order valence-electron chi connectivity index (χ2n) is 8.85. The number of hydrogen-bond acceptors (Lipinski definition) is 3. The van der Waals surface area contributed by atoms with Gasteiger partial charge < -0.3 is 9.53 Å². The van der Waals surface area contributed by atoms with Gasteiger partial charge in [-0.15, -0.1) is 0 Å². The third kappa shape index (κ3) is 2.82. The Morgan fingerprint density at radius 1 is 1.17 bits per heavy atom. The minimum Gasteiger partial charge on any atom is -0.369 e. The van der Waals surface area contributed by atoms with Gasteiger partial charge in [0.05, 0.1) is 12.2 Å². The number of fused-ring (bicyclic) bond motifs is 1. The third-order valence-electron chi connectivity index (χ3n) is 7.16. The van der Waals surface area contributed by atoms with Gasteiger partial charge in [-0.3, -0.25) is 4.79 Å². The lowest BCUT2D eigenvalue weighted by Crippen LogP contribution is -2.54. The predicted octanol–water partition coefficient (Wildman–Crippen LogP) is 4.10. The molecule has 0 unspecified atom stereocenters. The maximum absolute atomic E-state index is 11.2. The van der Waals surface area contributed by atoms with E-state index in [0.717, 1.165) is 37.9 Å². The maximum Gasteiger partial charge on any atom is 0.146 e. The molecule has 1 saturated heterocycles. The Labute approximate surface area is 139 Å². The summed E-state index contributed by atoms with van der Waals surface area (Å²) in [6.45, 7) is 8.19. The van der Waals surface area contributed by atoms with Crippen molar-refractivity contribution in [1.29, 1.82) is 0 Å². The van der Waals surface area contributed by atoms with Crippen molar-refractivity contribution in [2.24, 2.45) is 22.7 Å². The Morgan fingerprint density at radius 3 is 2.52 bits per heavy atom. The Balaban J connectivity index is 1.88. The predicted molar refractivity (Wildman–Crippen MR) is 90.1 cm³/mol. The van der Waals surface area contributed by atoms with E-state index in [9.17, 15) is 9.59 Å². The number of ether oxygens (including phenoxy) is 1. The van der Waals surface area contributed by atoms with Gasteiger partial charge in [-0.2, -0.15) is 0 Å². The van der Waals surface area contributed by atoms with Crippen LogP contribution in [0.4, 0.5) is 0 Å². The quantitative estimate of drug-likeness (QED) is 0.435. The number of carbonyl (C=O) groups is 2.